The fourth-order valence-electron chi connectivity index (χ4n) is 2.72. The molecule has 2 aromatic carbocycles. The van der Waals surface area contributed by atoms with Gasteiger partial charge in [0.15, 0.2) is 0 Å². The van der Waals surface area contributed by atoms with Crippen LogP contribution in [0.4, 0.5) is 0 Å². The molecular formula is C17H17Br. The molecule has 0 heterocycles. The van der Waals surface area contributed by atoms with Gasteiger partial charge in [0.25, 0.3) is 0 Å². The molecule has 2 aromatic rings. The number of aryl methyl sites for hydroxylation is 4. The maximum Gasteiger partial charge on any atom is 0.0283 e. The lowest BCUT2D eigenvalue weighted by Gasteiger charge is -2.12. The second-order valence-corrected chi connectivity index (χ2v) is 5.67. The second-order valence-electron chi connectivity index (χ2n) is 5.11. The summed E-state index contributed by atoms with van der Waals surface area (Å²) in [7, 11) is 0. The Morgan fingerprint density at radius 1 is 0.722 bits per heavy atom. The topological polar surface area (TPSA) is 0 Å². The highest BCUT2D eigenvalue weighted by molar-refractivity contribution is 9.08. The van der Waals surface area contributed by atoms with E-state index in [-0.39, 0.29) is 0 Å². The van der Waals surface area contributed by atoms with Crippen LogP contribution in [0.3, 0.4) is 0 Å². The lowest BCUT2D eigenvalue weighted by Crippen LogP contribution is -2.00. The van der Waals surface area contributed by atoms with Crippen LogP contribution in [0, 0.1) is 0 Å². The highest BCUT2D eigenvalue weighted by atomic mass is 79.9. The minimum atomic E-state index is 0.957. The molecule has 1 aliphatic carbocycles. The van der Waals surface area contributed by atoms with Crippen LogP contribution < -0.4 is 0 Å². The molecule has 0 nitrogen and oxygen atoms in total. The van der Waals surface area contributed by atoms with Gasteiger partial charge in [-0.25, -0.2) is 0 Å². The zero-order chi connectivity index (χ0) is 12.4. The quantitative estimate of drug-likeness (QED) is 0.682. The Hall–Kier alpha value is -1.08. The van der Waals surface area contributed by atoms with E-state index in [0.717, 1.165) is 31.0 Å². The fraction of sp³-hybridized carbons (Fsp3) is 0.294. The molecule has 0 atom stereocenters. The molecule has 0 saturated heterocycles. The van der Waals surface area contributed by atoms with Crippen molar-refractivity contribution in [3.63, 3.8) is 0 Å². The summed E-state index contributed by atoms with van der Waals surface area (Å²) in [6, 6.07) is 16.1. The number of fused-ring (bicyclic) bond motifs is 4. The average molecular weight is 301 g/mol. The Bertz CT molecular complexity index is 516. The van der Waals surface area contributed by atoms with Gasteiger partial charge < -0.3 is 0 Å². The average Bonchev–Trinajstić information content (AvgIpc) is 2.42. The third-order valence-corrected chi connectivity index (χ3v) is 4.31. The van der Waals surface area contributed by atoms with E-state index in [1.54, 1.807) is 0 Å². The lowest BCUT2D eigenvalue weighted by molar-refractivity contribution is 0.901. The van der Waals surface area contributed by atoms with Crippen LogP contribution in [0.15, 0.2) is 42.5 Å². The van der Waals surface area contributed by atoms with E-state index in [9.17, 15) is 0 Å². The molecule has 3 rings (SSSR count). The molecule has 18 heavy (non-hydrogen) atoms. The largest absolute Gasteiger partial charge is 0.0876 e. The predicted molar refractivity (Wildman–Crippen MR) is 80.3 cm³/mol. The Labute approximate surface area is 117 Å². The van der Waals surface area contributed by atoms with Gasteiger partial charge in [-0.1, -0.05) is 58.4 Å². The van der Waals surface area contributed by atoms with E-state index in [0.29, 0.717) is 0 Å². The minimum absolute atomic E-state index is 0.957. The Morgan fingerprint density at radius 3 is 1.78 bits per heavy atom. The van der Waals surface area contributed by atoms with Gasteiger partial charge >= 0.3 is 0 Å². The molecule has 0 spiro atoms. The number of alkyl halides is 1. The number of rotatable bonds is 1. The van der Waals surface area contributed by atoms with Crippen molar-refractivity contribution in [2.24, 2.45) is 0 Å². The first-order valence-corrected chi connectivity index (χ1v) is 7.71. The number of hydrogen-bond donors (Lipinski definition) is 0. The van der Waals surface area contributed by atoms with Gasteiger partial charge in [-0.2, -0.15) is 0 Å². The van der Waals surface area contributed by atoms with Crippen molar-refractivity contribution in [2.75, 3.05) is 0 Å². The SMILES string of the molecule is BrCc1cc2cc(c1)CCc1cccc(c1)CC2. The molecule has 4 bridgehead atoms. The first-order chi connectivity index (χ1) is 8.83. The molecular weight excluding hydrogens is 284 g/mol. The second kappa shape index (κ2) is 5.27. The Morgan fingerprint density at radius 2 is 1.22 bits per heavy atom. The van der Waals surface area contributed by atoms with Crippen molar-refractivity contribution in [3.05, 3.63) is 70.3 Å². The molecule has 0 N–H and O–H groups in total. The number of hydrogen-bond acceptors (Lipinski definition) is 0. The van der Waals surface area contributed by atoms with Gasteiger partial charge in [0.05, 0.1) is 0 Å². The van der Waals surface area contributed by atoms with Gasteiger partial charge in [-0.05, 0) is 53.5 Å². The molecule has 0 aromatic heterocycles. The molecule has 1 aliphatic rings. The third kappa shape index (κ3) is 2.67. The van der Waals surface area contributed by atoms with E-state index in [2.05, 4.69) is 58.4 Å². The standard InChI is InChI=1S/C17H17Br/c18-12-17-10-15-6-4-13-2-1-3-14(8-13)5-7-16(9-15)11-17/h1-3,8-11H,4-7,12H2. The Kier molecular flexibility index (Phi) is 3.51. The van der Waals surface area contributed by atoms with Crippen LogP contribution in [0.25, 0.3) is 0 Å². The van der Waals surface area contributed by atoms with Crippen molar-refractivity contribution in [1.29, 1.82) is 0 Å². The summed E-state index contributed by atoms with van der Waals surface area (Å²) < 4.78 is 0. The van der Waals surface area contributed by atoms with Gasteiger partial charge in [0, 0.05) is 5.33 Å². The monoisotopic (exact) mass is 300 g/mol. The molecule has 1 heteroatoms. The zero-order valence-corrected chi connectivity index (χ0v) is 12.0. The van der Waals surface area contributed by atoms with E-state index in [1.165, 1.54) is 27.8 Å². The van der Waals surface area contributed by atoms with Gasteiger partial charge in [0.2, 0.25) is 0 Å². The van der Waals surface area contributed by atoms with Crippen LogP contribution in [-0.4, -0.2) is 0 Å². The van der Waals surface area contributed by atoms with Crippen molar-refractivity contribution < 1.29 is 0 Å². The minimum Gasteiger partial charge on any atom is -0.0876 e. The molecule has 0 aliphatic heterocycles. The number of benzene rings is 2. The smallest absolute Gasteiger partial charge is 0.0283 e. The normalized spacial score (nSPS) is 14.3. The van der Waals surface area contributed by atoms with Gasteiger partial charge in [0.1, 0.15) is 0 Å². The zero-order valence-electron chi connectivity index (χ0n) is 10.5. The van der Waals surface area contributed by atoms with Crippen molar-refractivity contribution >= 4 is 15.9 Å². The van der Waals surface area contributed by atoms with E-state index >= 15 is 0 Å². The lowest BCUT2D eigenvalue weighted by atomic mass is 9.94. The molecule has 0 fully saturated rings. The summed E-state index contributed by atoms with van der Waals surface area (Å²) in [6.07, 6.45) is 4.60. The third-order valence-electron chi connectivity index (χ3n) is 3.66. The van der Waals surface area contributed by atoms with Crippen LogP contribution >= 0.6 is 15.9 Å². The summed E-state index contributed by atoms with van der Waals surface area (Å²) >= 11 is 3.57. The first-order valence-electron chi connectivity index (χ1n) is 6.59. The van der Waals surface area contributed by atoms with Crippen molar-refractivity contribution in [2.45, 2.75) is 31.0 Å². The maximum atomic E-state index is 3.57. The summed E-state index contributed by atoms with van der Waals surface area (Å²) in [4.78, 5) is 0. The summed E-state index contributed by atoms with van der Waals surface area (Å²) in [5.41, 5.74) is 7.32. The van der Waals surface area contributed by atoms with Crippen molar-refractivity contribution in [3.8, 4) is 0 Å². The van der Waals surface area contributed by atoms with Gasteiger partial charge in [-0.15, -0.1) is 0 Å². The summed E-state index contributed by atoms with van der Waals surface area (Å²) in [5, 5.41) is 0.957. The molecule has 0 unspecified atom stereocenters. The predicted octanol–water partition coefficient (Wildman–Crippen LogP) is 4.47. The van der Waals surface area contributed by atoms with Crippen LogP contribution in [0.5, 0.6) is 0 Å². The fourth-order valence-corrected chi connectivity index (χ4v) is 3.05. The van der Waals surface area contributed by atoms with E-state index in [4.69, 9.17) is 0 Å². The summed E-state index contributed by atoms with van der Waals surface area (Å²) in [5.74, 6) is 0. The summed E-state index contributed by atoms with van der Waals surface area (Å²) in [6.45, 7) is 0. The van der Waals surface area contributed by atoms with Crippen molar-refractivity contribution in [1.82, 2.24) is 0 Å². The van der Waals surface area contributed by atoms with E-state index < -0.39 is 0 Å². The Balaban J connectivity index is 1.97. The van der Waals surface area contributed by atoms with E-state index in [1.807, 2.05) is 0 Å². The van der Waals surface area contributed by atoms with Crippen LogP contribution in [-0.2, 0) is 31.0 Å². The highest BCUT2D eigenvalue weighted by Gasteiger charge is 2.06. The maximum absolute atomic E-state index is 3.57. The van der Waals surface area contributed by atoms with Gasteiger partial charge in [-0.3, -0.25) is 0 Å². The molecule has 0 amide bonds. The van der Waals surface area contributed by atoms with Crippen LogP contribution in [0.2, 0.25) is 0 Å². The molecule has 92 valence electrons. The highest BCUT2D eigenvalue weighted by Crippen LogP contribution is 2.19. The van der Waals surface area contributed by atoms with Crippen LogP contribution in [0.1, 0.15) is 27.8 Å². The molecule has 0 radical (unpaired) electrons. The number of halogens is 1. The molecule has 0 saturated carbocycles. The first kappa shape index (κ1) is 12.0.